The van der Waals surface area contributed by atoms with Gasteiger partial charge in [-0.25, -0.2) is 9.78 Å². The number of hydrogen-bond acceptors (Lipinski definition) is 7. The van der Waals surface area contributed by atoms with Gasteiger partial charge < -0.3 is 19.5 Å². The minimum atomic E-state index is -0.914. The van der Waals surface area contributed by atoms with E-state index in [1.54, 1.807) is 0 Å². The molecule has 1 aromatic carbocycles. The molecule has 1 aliphatic carbocycles. The predicted molar refractivity (Wildman–Crippen MR) is 112 cm³/mol. The number of rotatable bonds is 8. The van der Waals surface area contributed by atoms with Gasteiger partial charge in [-0.2, -0.15) is 0 Å². The number of carbonyl (C=O) groups is 3. The minimum Gasteiger partial charge on any atom is -0.493 e. The summed E-state index contributed by atoms with van der Waals surface area (Å²) in [5.74, 6) is -1.59. The van der Waals surface area contributed by atoms with E-state index in [1.807, 2.05) is 31.2 Å². The van der Waals surface area contributed by atoms with Gasteiger partial charge in [0.25, 0.3) is 5.91 Å². The molecule has 164 valence electrons. The van der Waals surface area contributed by atoms with E-state index in [9.17, 15) is 14.4 Å². The number of benzene rings is 1. The van der Waals surface area contributed by atoms with E-state index >= 15 is 0 Å². The topological polar surface area (TPSA) is 104 Å². The Hall–Kier alpha value is -3.42. The first kappa shape index (κ1) is 22.3. The summed E-state index contributed by atoms with van der Waals surface area (Å²) >= 11 is 0. The second-order valence-electron chi connectivity index (χ2n) is 7.35. The molecule has 1 aliphatic rings. The third-order valence-corrected chi connectivity index (χ3v) is 4.97. The molecule has 1 heterocycles. The Morgan fingerprint density at radius 3 is 2.45 bits per heavy atom. The second kappa shape index (κ2) is 10.1. The van der Waals surface area contributed by atoms with Crippen molar-refractivity contribution in [3.8, 4) is 11.5 Å². The number of amides is 1. The largest absolute Gasteiger partial charge is 0.493 e. The molecule has 0 saturated carbocycles. The molecule has 0 radical (unpaired) electrons. The highest BCUT2D eigenvalue weighted by Crippen LogP contribution is 2.30. The Bertz CT molecular complexity index is 949. The van der Waals surface area contributed by atoms with Crippen molar-refractivity contribution in [1.29, 1.82) is 0 Å². The molecular formula is C23H26N2O6. The van der Waals surface area contributed by atoms with Crippen molar-refractivity contribution in [2.75, 3.05) is 7.11 Å². The third-order valence-electron chi connectivity index (χ3n) is 4.97. The van der Waals surface area contributed by atoms with E-state index in [1.165, 1.54) is 26.3 Å². The average Bonchev–Trinajstić information content (AvgIpc) is 3.16. The number of methoxy groups -OCH3 is 1. The van der Waals surface area contributed by atoms with Crippen LogP contribution in [0, 0.1) is 0 Å². The summed E-state index contributed by atoms with van der Waals surface area (Å²) in [5, 5.41) is 2.57. The Balaban J connectivity index is 1.65. The molecule has 0 spiro atoms. The number of hydrogen-bond donors (Lipinski definition) is 1. The maximum Gasteiger partial charge on any atom is 0.328 e. The first-order valence-electron chi connectivity index (χ1n) is 10.2. The van der Waals surface area contributed by atoms with Crippen LogP contribution in [0.1, 0.15) is 48.3 Å². The zero-order valence-corrected chi connectivity index (χ0v) is 17.8. The van der Waals surface area contributed by atoms with Gasteiger partial charge in [-0.3, -0.25) is 9.59 Å². The van der Waals surface area contributed by atoms with Gasteiger partial charge in [0.15, 0.2) is 11.4 Å². The average molecular weight is 426 g/mol. The SMILES string of the molecule is CCCC(=O)Oc1c(OC)ccnc1C(=O)N[C@@H](C)C(=O)OC1Cc2ccccc2C1. The number of nitrogens with one attached hydrogen (secondary N) is 1. The zero-order valence-electron chi connectivity index (χ0n) is 17.8. The van der Waals surface area contributed by atoms with Gasteiger partial charge in [0, 0.05) is 31.5 Å². The van der Waals surface area contributed by atoms with Crippen LogP contribution in [0.5, 0.6) is 11.5 Å². The molecule has 0 unspecified atom stereocenters. The fourth-order valence-electron chi connectivity index (χ4n) is 3.41. The van der Waals surface area contributed by atoms with Crippen LogP contribution in [-0.4, -0.2) is 42.1 Å². The van der Waals surface area contributed by atoms with E-state index in [2.05, 4.69) is 10.3 Å². The molecule has 1 amide bonds. The van der Waals surface area contributed by atoms with Crippen LogP contribution in [0.2, 0.25) is 0 Å². The number of aromatic nitrogens is 1. The van der Waals surface area contributed by atoms with Gasteiger partial charge in [-0.15, -0.1) is 0 Å². The lowest BCUT2D eigenvalue weighted by molar-refractivity contribution is -0.150. The first-order valence-corrected chi connectivity index (χ1v) is 10.2. The monoisotopic (exact) mass is 426 g/mol. The summed E-state index contributed by atoms with van der Waals surface area (Å²) < 4.78 is 16.1. The standard InChI is InChI=1S/C23H26N2O6/c1-4-7-19(26)31-21-18(29-3)10-11-24-20(21)22(27)25-14(2)23(28)30-17-12-15-8-5-6-9-16(15)13-17/h5-6,8-11,14,17H,4,7,12-13H2,1-3H3,(H,25,27)/t14-/m0/s1. The van der Waals surface area contributed by atoms with E-state index in [4.69, 9.17) is 14.2 Å². The molecule has 0 bridgehead atoms. The van der Waals surface area contributed by atoms with Crippen molar-refractivity contribution in [2.45, 2.75) is 51.7 Å². The maximum atomic E-state index is 12.8. The summed E-state index contributed by atoms with van der Waals surface area (Å²) in [7, 11) is 1.40. The number of esters is 2. The van der Waals surface area contributed by atoms with E-state index in [0.717, 1.165) is 11.1 Å². The Morgan fingerprint density at radius 2 is 1.84 bits per heavy atom. The first-order chi connectivity index (χ1) is 14.9. The van der Waals surface area contributed by atoms with E-state index in [-0.39, 0.29) is 29.7 Å². The molecule has 0 aliphatic heterocycles. The Morgan fingerprint density at radius 1 is 1.16 bits per heavy atom. The summed E-state index contributed by atoms with van der Waals surface area (Å²) in [6, 6.07) is 8.52. The predicted octanol–water partition coefficient (Wildman–Crippen LogP) is 2.62. The highest BCUT2D eigenvalue weighted by atomic mass is 16.6. The van der Waals surface area contributed by atoms with Gasteiger partial charge in [-0.05, 0) is 24.5 Å². The molecule has 1 aromatic heterocycles. The molecule has 0 fully saturated rings. The zero-order chi connectivity index (χ0) is 22.4. The fourth-order valence-corrected chi connectivity index (χ4v) is 3.41. The van der Waals surface area contributed by atoms with E-state index < -0.39 is 23.9 Å². The van der Waals surface area contributed by atoms with Gasteiger partial charge in [0.1, 0.15) is 12.1 Å². The smallest absolute Gasteiger partial charge is 0.328 e. The number of nitrogens with zero attached hydrogens (tertiary/aromatic N) is 1. The van der Waals surface area contributed by atoms with Crippen LogP contribution in [0.3, 0.4) is 0 Å². The molecule has 0 saturated heterocycles. The van der Waals surface area contributed by atoms with Crippen molar-refractivity contribution < 1.29 is 28.6 Å². The number of carbonyl (C=O) groups excluding carboxylic acids is 3. The molecule has 3 rings (SSSR count). The third kappa shape index (κ3) is 5.39. The van der Waals surface area contributed by atoms with Crippen molar-refractivity contribution in [3.63, 3.8) is 0 Å². The fraction of sp³-hybridized carbons (Fsp3) is 0.391. The number of fused-ring (bicyclic) bond motifs is 1. The lowest BCUT2D eigenvalue weighted by Crippen LogP contribution is -2.41. The molecule has 1 N–H and O–H groups in total. The highest BCUT2D eigenvalue weighted by molar-refractivity contribution is 5.98. The summed E-state index contributed by atoms with van der Waals surface area (Å²) in [4.78, 5) is 41.3. The van der Waals surface area contributed by atoms with Crippen molar-refractivity contribution in [1.82, 2.24) is 10.3 Å². The lowest BCUT2D eigenvalue weighted by Gasteiger charge is -2.18. The highest BCUT2D eigenvalue weighted by Gasteiger charge is 2.29. The van der Waals surface area contributed by atoms with Crippen molar-refractivity contribution in [3.05, 3.63) is 53.3 Å². The quantitative estimate of drug-likeness (QED) is 0.647. The molecular weight excluding hydrogens is 400 g/mol. The maximum absolute atomic E-state index is 12.8. The lowest BCUT2D eigenvalue weighted by atomic mass is 10.1. The normalized spacial score (nSPS) is 13.8. The van der Waals surface area contributed by atoms with Crippen LogP contribution in [0.15, 0.2) is 36.5 Å². The summed E-state index contributed by atoms with van der Waals surface area (Å²) in [6.45, 7) is 3.37. The molecule has 1 atom stereocenters. The minimum absolute atomic E-state index is 0.0761. The van der Waals surface area contributed by atoms with Gasteiger partial charge in [-0.1, -0.05) is 31.2 Å². The molecule has 2 aromatic rings. The van der Waals surface area contributed by atoms with Gasteiger partial charge in [0.2, 0.25) is 5.75 Å². The molecule has 8 nitrogen and oxygen atoms in total. The molecule has 8 heteroatoms. The second-order valence-corrected chi connectivity index (χ2v) is 7.35. The van der Waals surface area contributed by atoms with Crippen LogP contribution in [0.4, 0.5) is 0 Å². The Labute approximate surface area is 180 Å². The summed E-state index contributed by atoms with van der Waals surface area (Å²) in [5.41, 5.74) is 2.18. The number of pyridine rings is 1. The van der Waals surface area contributed by atoms with Gasteiger partial charge in [0.05, 0.1) is 7.11 Å². The van der Waals surface area contributed by atoms with E-state index in [0.29, 0.717) is 19.3 Å². The number of ether oxygens (including phenoxy) is 3. The summed E-state index contributed by atoms with van der Waals surface area (Å²) in [6.07, 6.45) is 3.19. The van der Waals surface area contributed by atoms with Crippen molar-refractivity contribution >= 4 is 17.8 Å². The van der Waals surface area contributed by atoms with Gasteiger partial charge >= 0.3 is 11.9 Å². The Kier molecular flexibility index (Phi) is 7.23. The van der Waals surface area contributed by atoms with Crippen LogP contribution < -0.4 is 14.8 Å². The molecule has 31 heavy (non-hydrogen) atoms. The van der Waals surface area contributed by atoms with Crippen molar-refractivity contribution in [2.24, 2.45) is 0 Å². The van der Waals surface area contributed by atoms with Crippen LogP contribution in [-0.2, 0) is 27.2 Å². The van der Waals surface area contributed by atoms with Crippen LogP contribution in [0.25, 0.3) is 0 Å². The van der Waals surface area contributed by atoms with Crippen LogP contribution >= 0.6 is 0 Å².